The topological polar surface area (TPSA) is 75.9 Å². The third-order valence-electron chi connectivity index (χ3n) is 4.08. The Hall–Kier alpha value is -2.97. The van der Waals surface area contributed by atoms with Crippen LogP contribution in [0, 0.1) is 11.9 Å². The summed E-state index contributed by atoms with van der Waals surface area (Å²) in [6.45, 7) is 0. The molecule has 0 aliphatic carbocycles. The van der Waals surface area contributed by atoms with E-state index in [0.29, 0.717) is 33.4 Å². The zero-order valence-corrected chi connectivity index (χ0v) is 15.3. The van der Waals surface area contributed by atoms with Crippen LogP contribution >= 0.6 is 0 Å². The van der Waals surface area contributed by atoms with Crippen LogP contribution in [-0.2, 0) is 11.2 Å². The summed E-state index contributed by atoms with van der Waals surface area (Å²) in [6.07, 6.45) is 4.60. The molecule has 0 amide bonds. The predicted octanol–water partition coefficient (Wildman–Crippen LogP) is 3.17. The van der Waals surface area contributed by atoms with Crippen LogP contribution in [-0.4, -0.2) is 37.7 Å². The maximum Gasteiger partial charge on any atom is 0.271 e. The monoisotopic (exact) mass is 381 g/mol. The van der Waals surface area contributed by atoms with Crippen molar-refractivity contribution >= 4 is 22.1 Å². The Balaban J connectivity index is 1.79. The Morgan fingerprint density at radius 1 is 1.22 bits per heavy atom. The van der Waals surface area contributed by atoms with Gasteiger partial charge in [-0.3, -0.25) is 0 Å². The Morgan fingerprint density at radius 3 is 2.70 bits per heavy atom. The summed E-state index contributed by atoms with van der Waals surface area (Å²) in [5.74, 6) is 0.442. The molecule has 135 valence electrons. The number of fused-ring (bicyclic) bond motifs is 1. The molecule has 0 fully saturated rings. The van der Waals surface area contributed by atoms with Crippen LogP contribution in [0.3, 0.4) is 0 Å². The molecule has 8 heteroatoms. The second kappa shape index (κ2) is 6.98. The quantitative estimate of drug-likeness (QED) is 0.508. The average Bonchev–Trinajstić information content (AvgIpc) is 3.09. The van der Waals surface area contributed by atoms with Gasteiger partial charge in [0.25, 0.3) is 11.0 Å². The van der Waals surface area contributed by atoms with E-state index in [2.05, 4.69) is 21.1 Å². The van der Waals surface area contributed by atoms with Crippen molar-refractivity contribution in [2.45, 2.75) is 5.03 Å². The first kappa shape index (κ1) is 17.4. The maximum atomic E-state index is 14.1. The van der Waals surface area contributed by atoms with Crippen LogP contribution in [0.2, 0.25) is 0 Å². The van der Waals surface area contributed by atoms with Crippen LogP contribution in [0.15, 0.2) is 53.8 Å². The van der Waals surface area contributed by atoms with Crippen LogP contribution in [0.4, 0.5) is 4.39 Å². The number of ether oxygens (including phenoxy) is 1. The Labute approximate surface area is 157 Å². The molecular weight excluding hydrogens is 367 g/mol. The van der Waals surface area contributed by atoms with Gasteiger partial charge in [-0.1, -0.05) is 6.07 Å². The van der Waals surface area contributed by atoms with E-state index in [9.17, 15) is 8.94 Å². The molecule has 0 saturated heterocycles. The highest BCUT2D eigenvalue weighted by atomic mass is 32.2. The van der Waals surface area contributed by atoms with Gasteiger partial charge < -0.3 is 9.29 Å². The van der Waals surface area contributed by atoms with Gasteiger partial charge in [-0.25, -0.2) is 14.4 Å². The standard InChI is InChI=1S/C19H14FN4O2S/c1-26-13-7-8-16(20)15(9-13)12-10-21-19(22-11-12)24-17-6-4-3-5-14(17)18(23-24)27(2)25/h3,5-11H,1-2H3. The van der Waals surface area contributed by atoms with Gasteiger partial charge in [0.15, 0.2) is 0 Å². The van der Waals surface area contributed by atoms with Crippen molar-refractivity contribution in [3.8, 4) is 22.8 Å². The highest BCUT2D eigenvalue weighted by Crippen LogP contribution is 2.27. The van der Waals surface area contributed by atoms with Crippen molar-refractivity contribution in [2.24, 2.45) is 0 Å². The van der Waals surface area contributed by atoms with Gasteiger partial charge in [-0.2, -0.15) is 4.68 Å². The summed E-state index contributed by atoms with van der Waals surface area (Å²) >= 11 is -1.26. The van der Waals surface area contributed by atoms with Crippen LogP contribution in [0.25, 0.3) is 28.0 Å². The number of hydrogen-bond acceptors (Lipinski definition) is 5. The lowest BCUT2D eigenvalue weighted by atomic mass is 10.1. The lowest BCUT2D eigenvalue weighted by molar-refractivity contribution is 0.414. The van der Waals surface area contributed by atoms with Gasteiger partial charge in [0.1, 0.15) is 17.8 Å². The van der Waals surface area contributed by atoms with E-state index in [1.165, 1.54) is 30.3 Å². The molecule has 0 spiro atoms. The lowest BCUT2D eigenvalue weighted by Gasteiger charge is -2.07. The fourth-order valence-electron chi connectivity index (χ4n) is 2.76. The molecule has 0 N–H and O–H groups in total. The molecule has 0 saturated carbocycles. The number of rotatable bonds is 4. The van der Waals surface area contributed by atoms with Crippen molar-refractivity contribution in [3.63, 3.8) is 0 Å². The third-order valence-corrected chi connectivity index (χ3v) is 4.92. The van der Waals surface area contributed by atoms with Crippen LogP contribution in [0.1, 0.15) is 0 Å². The Bertz CT molecular complexity index is 1110. The van der Waals surface area contributed by atoms with E-state index in [0.717, 1.165) is 5.39 Å². The van der Waals surface area contributed by atoms with Crippen molar-refractivity contribution in [1.82, 2.24) is 19.7 Å². The molecule has 0 aliphatic rings. The van der Waals surface area contributed by atoms with Crippen molar-refractivity contribution in [1.29, 1.82) is 0 Å². The normalized spacial score (nSPS) is 12.3. The van der Waals surface area contributed by atoms with Gasteiger partial charge in [-0.05, 0) is 36.4 Å². The average molecular weight is 381 g/mol. The fraction of sp³-hybridized carbons (Fsp3) is 0.105. The maximum absolute atomic E-state index is 14.1. The van der Waals surface area contributed by atoms with Gasteiger partial charge in [0.05, 0.1) is 18.0 Å². The molecule has 4 aromatic rings. The van der Waals surface area contributed by atoms with Crippen LogP contribution in [0.5, 0.6) is 5.75 Å². The number of hydrogen-bond donors (Lipinski definition) is 0. The van der Waals surface area contributed by atoms with Crippen molar-refractivity contribution in [3.05, 3.63) is 60.7 Å². The van der Waals surface area contributed by atoms with Gasteiger partial charge in [0.2, 0.25) is 0 Å². The second-order valence-electron chi connectivity index (χ2n) is 5.73. The van der Waals surface area contributed by atoms with E-state index in [1.54, 1.807) is 36.6 Å². The first-order chi connectivity index (χ1) is 13.1. The van der Waals surface area contributed by atoms with E-state index < -0.39 is 17.0 Å². The second-order valence-corrected chi connectivity index (χ2v) is 7.03. The minimum absolute atomic E-state index is 0.295. The number of aromatic nitrogens is 4. The molecule has 1 unspecified atom stereocenters. The molecule has 4 rings (SSSR count). The zero-order chi connectivity index (χ0) is 19.0. The summed E-state index contributed by atoms with van der Waals surface area (Å²) in [4.78, 5) is 8.63. The molecule has 27 heavy (non-hydrogen) atoms. The molecule has 1 radical (unpaired) electrons. The fourth-order valence-corrected chi connectivity index (χ4v) is 3.44. The van der Waals surface area contributed by atoms with E-state index in [-0.39, 0.29) is 0 Å². The van der Waals surface area contributed by atoms with Crippen LogP contribution < -0.4 is 4.74 Å². The van der Waals surface area contributed by atoms with E-state index >= 15 is 0 Å². The smallest absolute Gasteiger partial charge is 0.271 e. The highest BCUT2D eigenvalue weighted by molar-refractivity contribution is 7.90. The number of nitrogens with zero attached hydrogens (tertiary/aromatic N) is 4. The minimum atomic E-state index is -1.26. The summed E-state index contributed by atoms with van der Waals surface area (Å²) in [5, 5.41) is 5.58. The molecule has 2 heterocycles. The van der Waals surface area contributed by atoms with Gasteiger partial charge in [-0.15, -0.1) is 5.10 Å². The molecular formula is C19H14FN4O2S. The van der Waals surface area contributed by atoms with Gasteiger partial charge >= 0.3 is 0 Å². The SMILES string of the molecule is COc1ccc(F)c(-c2cnc(-n3nc([S+](C)[O-])c4cc[c]cc43)nc2)c1. The van der Waals surface area contributed by atoms with E-state index in [1.807, 2.05) is 0 Å². The first-order valence-electron chi connectivity index (χ1n) is 7.97. The third kappa shape index (κ3) is 3.13. The summed E-state index contributed by atoms with van der Waals surface area (Å²) in [5.41, 5.74) is 1.55. The molecule has 0 bridgehead atoms. The van der Waals surface area contributed by atoms with Gasteiger partial charge in [0, 0.05) is 34.7 Å². The largest absolute Gasteiger partial charge is 0.610 e. The molecule has 6 nitrogen and oxygen atoms in total. The number of halogens is 1. The van der Waals surface area contributed by atoms with Crippen molar-refractivity contribution < 1.29 is 13.7 Å². The first-order valence-corrected chi connectivity index (χ1v) is 9.53. The zero-order valence-electron chi connectivity index (χ0n) is 14.5. The Morgan fingerprint density at radius 2 is 2.00 bits per heavy atom. The minimum Gasteiger partial charge on any atom is -0.610 e. The summed E-state index contributed by atoms with van der Waals surface area (Å²) in [6, 6.07) is 12.7. The Kier molecular flexibility index (Phi) is 4.51. The molecule has 2 aromatic carbocycles. The molecule has 1 atom stereocenters. The van der Waals surface area contributed by atoms with Crippen molar-refractivity contribution in [2.75, 3.05) is 13.4 Å². The highest BCUT2D eigenvalue weighted by Gasteiger charge is 2.20. The predicted molar refractivity (Wildman–Crippen MR) is 99.8 cm³/mol. The molecule has 2 aromatic heterocycles. The lowest BCUT2D eigenvalue weighted by Crippen LogP contribution is -2.05. The van der Waals surface area contributed by atoms with E-state index in [4.69, 9.17) is 4.74 Å². The summed E-state index contributed by atoms with van der Waals surface area (Å²) < 4.78 is 32.8. The number of benzene rings is 2. The molecule has 0 aliphatic heterocycles. The summed E-state index contributed by atoms with van der Waals surface area (Å²) in [7, 11) is 1.52. The number of methoxy groups -OCH3 is 1.